The molecule has 10 nitrogen and oxygen atoms in total. The lowest BCUT2D eigenvalue weighted by molar-refractivity contribution is -0.119. The van der Waals surface area contributed by atoms with Crippen LogP contribution in [0.15, 0.2) is 59.5 Å². The number of aliphatic hydroxyl groups is 1. The fraction of sp³-hybridized carbons (Fsp3) is 0.481. The van der Waals surface area contributed by atoms with E-state index < -0.39 is 39.0 Å². The zero-order valence-corrected chi connectivity index (χ0v) is 25.1. The fourth-order valence-corrected chi connectivity index (χ4v) is 5.45. The highest BCUT2D eigenvalue weighted by molar-refractivity contribution is 7.89. The third-order valence-electron chi connectivity index (χ3n) is 6.20. The van der Waals surface area contributed by atoms with Crippen molar-refractivity contribution in [1.82, 2.24) is 14.9 Å². The number of aliphatic hydroxyl groups excluding tert-OH is 1. The molecule has 3 atom stereocenters. The Morgan fingerprint density at radius 1 is 1.05 bits per heavy atom. The van der Waals surface area contributed by atoms with Crippen molar-refractivity contribution in [1.29, 1.82) is 0 Å². The number of alkyl halides is 2. The molecule has 0 aliphatic carbocycles. The Labute approximate surface area is 246 Å². The molecule has 13 heteroatoms. The van der Waals surface area contributed by atoms with Crippen molar-refractivity contribution in [3.05, 3.63) is 60.2 Å². The third-order valence-corrected chi connectivity index (χ3v) is 8.44. The van der Waals surface area contributed by atoms with E-state index >= 15 is 0 Å². The Bertz CT molecular complexity index is 1170. The van der Waals surface area contributed by atoms with E-state index in [-0.39, 0.29) is 43.5 Å². The summed E-state index contributed by atoms with van der Waals surface area (Å²) in [6.07, 6.45) is -1.17. The van der Waals surface area contributed by atoms with Crippen molar-refractivity contribution in [2.24, 2.45) is 5.92 Å². The number of carbonyl (C=O) groups is 2. The van der Waals surface area contributed by atoms with Crippen LogP contribution >= 0.6 is 23.2 Å². The number of sulfonamides is 1. The van der Waals surface area contributed by atoms with Gasteiger partial charge in [0.05, 0.1) is 30.7 Å². The van der Waals surface area contributed by atoms with Crippen LogP contribution in [0.2, 0.25) is 0 Å². The van der Waals surface area contributed by atoms with Gasteiger partial charge in [0.25, 0.3) is 5.91 Å². The average molecular weight is 619 g/mol. The maximum atomic E-state index is 13.6. The summed E-state index contributed by atoms with van der Waals surface area (Å²) in [5.41, 5.74) is 0.820. The van der Waals surface area contributed by atoms with Crippen LogP contribution in [-0.4, -0.2) is 80.2 Å². The first kappa shape index (κ1) is 33.6. The first-order chi connectivity index (χ1) is 19.0. The molecule has 3 N–H and O–H groups in total. The van der Waals surface area contributed by atoms with Gasteiger partial charge in [0.15, 0.2) is 4.84 Å². The van der Waals surface area contributed by atoms with Crippen LogP contribution < -0.4 is 15.4 Å². The second kappa shape index (κ2) is 16.6. The van der Waals surface area contributed by atoms with Gasteiger partial charge in [0.2, 0.25) is 10.0 Å². The first-order valence-electron chi connectivity index (χ1n) is 12.8. The summed E-state index contributed by atoms with van der Waals surface area (Å²) < 4.78 is 38.7. The minimum atomic E-state index is -3.98. The highest BCUT2D eigenvalue weighted by Gasteiger charge is 2.32. The van der Waals surface area contributed by atoms with Crippen LogP contribution in [0.4, 0.5) is 4.79 Å². The zero-order chi connectivity index (χ0) is 29.7. The number of nitrogens with zero attached hydrogens (tertiary/aromatic N) is 1. The molecule has 0 saturated heterocycles. The van der Waals surface area contributed by atoms with Crippen LogP contribution in [0.1, 0.15) is 25.8 Å². The smallest absolute Gasteiger partial charge is 0.407 e. The summed E-state index contributed by atoms with van der Waals surface area (Å²) in [7, 11) is -2.49. The highest BCUT2D eigenvalue weighted by atomic mass is 35.5. The number of rotatable bonds is 16. The third kappa shape index (κ3) is 10.8. The molecule has 0 fully saturated rings. The van der Waals surface area contributed by atoms with E-state index in [0.29, 0.717) is 5.75 Å². The van der Waals surface area contributed by atoms with Gasteiger partial charge in [-0.05, 0) is 42.2 Å². The predicted octanol–water partition coefficient (Wildman–Crippen LogP) is 3.35. The number of ether oxygens (including phenoxy) is 2. The molecule has 40 heavy (non-hydrogen) atoms. The maximum absolute atomic E-state index is 13.6. The van der Waals surface area contributed by atoms with Gasteiger partial charge >= 0.3 is 6.09 Å². The number of nitrogens with one attached hydrogen (secondary N) is 2. The fourth-order valence-electron chi connectivity index (χ4n) is 3.72. The Morgan fingerprint density at radius 3 is 2.27 bits per heavy atom. The van der Waals surface area contributed by atoms with E-state index in [4.69, 9.17) is 32.7 Å². The van der Waals surface area contributed by atoms with Crippen molar-refractivity contribution in [2.75, 3.05) is 33.4 Å². The SMILES string of the molecule is CC[C@@H](C)CN(C[C@@H](O)[C@H](Cc1ccccc1)NC(=O)OCCNC(=O)C(Cl)Cl)S(=O)(=O)c1ccc(OC)cc1. The summed E-state index contributed by atoms with van der Waals surface area (Å²) >= 11 is 10.9. The van der Waals surface area contributed by atoms with Crippen LogP contribution in [0, 0.1) is 5.92 Å². The Hall–Kier alpha value is -2.57. The molecule has 0 aliphatic heterocycles. The van der Waals surface area contributed by atoms with Gasteiger partial charge in [-0.3, -0.25) is 4.79 Å². The number of halogens is 2. The number of carbonyl (C=O) groups excluding carboxylic acids is 2. The summed E-state index contributed by atoms with van der Waals surface area (Å²) in [5, 5.41) is 16.3. The lowest BCUT2D eigenvalue weighted by atomic mass is 10.0. The van der Waals surface area contributed by atoms with Gasteiger partial charge in [-0.25, -0.2) is 13.2 Å². The molecule has 222 valence electrons. The summed E-state index contributed by atoms with van der Waals surface area (Å²) in [6, 6.07) is 14.3. The molecular weight excluding hydrogens is 581 g/mol. The van der Waals surface area contributed by atoms with Gasteiger partial charge in [-0.2, -0.15) is 4.31 Å². The molecule has 0 aromatic heterocycles. The average Bonchev–Trinajstić information content (AvgIpc) is 2.94. The normalized spacial score (nSPS) is 13.9. The van der Waals surface area contributed by atoms with E-state index in [9.17, 15) is 23.1 Å². The van der Waals surface area contributed by atoms with Crippen LogP contribution in [0.25, 0.3) is 0 Å². The second-order valence-electron chi connectivity index (χ2n) is 9.25. The highest BCUT2D eigenvalue weighted by Crippen LogP contribution is 2.22. The van der Waals surface area contributed by atoms with Crippen molar-refractivity contribution in [3.8, 4) is 5.75 Å². The molecule has 2 aromatic carbocycles. The van der Waals surface area contributed by atoms with Crippen LogP contribution in [0.3, 0.4) is 0 Å². The molecule has 0 aliphatic rings. The monoisotopic (exact) mass is 617 g/mol. The van der Waals surface area contributed by atoms with Crippen molar-refractivity contribution >= 4 is 45.2 Å². The van der Waals surface area contributed by atoms with Crippen LogP contribution in [-0.2, 0) is 26.0 Å². The van der Waals surface area contributed by atoms with Gasteiger partial charge < -0.3 is 25.2 Å². The van der Waals surface area contributed by atoms with Gasteiger partial charge in [-0.15, -0.1) is 0 Å². The quantitative estimate of drug-likeness (QED) is 0.194. The number of amides is 2. The minimum Gasteiger partial charge on any atom is -0.497 e. The largest absolute Gasteiger partial charge is 0.497 e. The van der Waals surface area contributed by atoms with Gasteiger partial charge in [0.1, 0.15) is 12.4 Å². The van der Waals surface area contributed by atoms with E-state index in [1.165, 1.54) is 23.5 Å². The zero-order valence-electron chi connectivity index (χ0n) is 22.8. The summed E-state index contributed by atoms with van der Waals surface area (Å²) in [5.74, 6) is -0.0894. The Kier molecular flexibility index (Phi) is 14.0. The number of benzene rings is 2. The van der Waals surface area contributed by atoms with E-state index in [1.807, 2.05) is 44.2 Å². The van der Waals surface area contributed by atoms with Gasteiger partial charge in [0, 0.05) is 13.1 Å². The molecular formula is C27H37Cl2N3O7S. The molecule has 0 radical (unpaired) electrons. The standard InChI is InChI=1S/C27H37Cl2N3O7S/c1-4-19(2)17-32(40(36,37)22-12-10-21(38-3)11-13-22)18-24(33)23(16-20-8-6-5-7-9-20)31-27(35)39-15-14-30-26(34)25(28)29/h5-13,19,23-25,33H,4,14-18H2,1-3H3,(H,30,34)(H,31,35)/t19-,23+,24-/m1/s1. The molecule has 2 aromatic rings. The van der Waals surface area contributed by atoms with Crippen LogP contribution in [0.5, 0.6) is 5.75 Å². The van der Waals surface area contributed by atoms with E-state index in [1.54, 1.807) is 12.1 Å². The minimum absolute atomic E-state index is 0.0153. The lowest BCUT2D eigenvalue weighted by Gasteiger charge is -2.31. The lowest BCUT2D eigenvalue weighted by Crippen LogP contribution is -2.51. The van der Waals surface area contributed by atoms with E-state index in [0.717, 1.165) is 12.0 Å². The molecule has 0 heterocycles. The molecule has 2 amide bonds. The first-order valence-corrected chi connectivity index (χ1v) is 15.1. The predicted molar refractivity (Wildman–Crippen MR) is 154 cm³/mol. The second-order valence-corrected chi connectivity index (χ2v) is 12.3. The summed E-state index contributed by atoms with van der Waals surface area (Å²) in [4.78, 5) is 22.8. The summed E-state index contributed by atoms with van der Waals surface area (Å²) in [6.45, 7) is 3.61. The number of hydrogen-bond acceptors (Lipinski definition) is 7. The van der Waals surface area contributed by atoms with Crippen molar-refractivity contribution < 1.29 is 32.6 Å². The Balaban J connectivity index is 2.21. The van der Waals surface area contributed by atoms with Gasteiger partial charge in [-0.1, -0.05) is 73.8 Å². The van der Waals surface area contributed by atoms with E-state index in [2.05, 4.69) is 10.6 Å². The number of methoxy groups -OCH3 is 1. The molecule has 0 saturated carbocycles. The van der Waals surface area contributed by atoms with Crippen molar-refractivity contribution in [3.63, 3.8) is 0 Å². The molecule has 0 spiro atoms. The topological polar surface area (TPSA) is 134 Å². The molecule has 0 bridgehead atoms. The Morgan fingerprint density at radius 2 is 1.70 bits per heavy atom. The van der Waals surface area contributed by atoms with Crippen molar-refractivity contribution in [2.45, 2.75) is 48.6 Å². The molecule has 2 rings (SSSR count). The number of hydrogen-bond donors (Lipinski definition) is 3. The molecule has 0 unspecified atom stereocenters. The maximum Gasteiger partial charge on any atom is 0.407 e. The number of alkyl carbamates (subject to hydrolysis) is 1.